The summed E-state index contributed by atoms with van der Waals surface area (Å²) in [5, 5.41) is 14.9. The topological polar surface area (TPSA) is 84.0 Å². The fraction of sp³-hybridized carbons (Fsp3) is 1.00. The smallest absolute Gasteiger partial charge is 0.170 e. The summed E-state index contributed by atoms with van der Waals surface area (Å²) in [5.41, 5.74) is 6.38. The van der Waals surface area contributed by atoms with Crippen molar-refractivity contribution < 1.29 is 19.3 Å². The lowest BCUT2D eigenvalue weighted by Crippen LogP contribution is -2.54. The molecule has 6 atom stereocenters. The Morgan fingerprint density at radius 3 is 2.23 bits per heavy atom. The zero-order valence-electron chi connectivity index (χ0n) is 16.1. The molecule has 1 saturated heterocycles. The summed E-state index contributed by atoms with van der Waals surface area (Å²) in [6.45, 7) is 0. The lowest BCUT2D eigenvalue weighted by molar-refractivity contribution is -0.0498. The van der Waals surface area contributed by atoms with Gasteiger partial charge in [-0.15, -0.1) is 0 Å². The molecule has 4 N–H and O–H groups in total. The van der Waals surface area contributed by atoms with Crippen molar-refractivity contribution in [3.05, 3.63) is 0 Å². The SMILES string of the molecule is COC1CCC(C(O)C2CC(OC)CCC2NC2NNC(OC)S2)CC1. The Kier molecular flexibility index (Phi) is 8.02. The molecule has 0 amide bonds. The van der Waals surface area contributed by atoms with E-state index >= 15 is 0 Å². The predicted octanol–water partition coefficient (Wildman–Crippen LogP) is 1.38. The minimum Gasteiger partial charge on any atom is -0.392 e. The largest absolute Gasteiger partial charge is 0.392 e. The lowest BCUT2D eigenvalue weighted by Gasteiger charge is -2.43. The van der Waals surface area contributed by atoms with E-state index in [-0.39, 0.29) is 35.2 Å². The van der Waals surface area contributed by atoms with Crippen molar-refractivity contribution in [3.8, 4) is 0 Å². The van der Waals surface area contributed by atoms with E-state index in [4.69, 9.17) is 14.2 Å². The molecular weight excluding hydrogens is 354 g/mol. The summed E-state index contributed by atoms with van der Waals surface area (Å²) in [4.78, 5) is 0. The molecule has 3 rings (SSSR count). The first-order valence-electron chi connectivity index (χ1n) is 9.83. The quantitative estimate of drug-likeness (QED) is 0.520. The monoisotopic (exact) mass is 389 g/mol. The second kappa shape index (κ2) is 10.0. The molecule has 8 heteroatoms. The maximum absolute atomic E-state index is 11.2. The van der Waals surface area contributed by atoms with E-state index in [1.54, 1.807) is 33.1 Å². The number of ether oxygens (including phenoxy) is 3. The van der Waals surface area contributed by atoms with Crippen LogP contribution in [-0.4, -0.2) is 61.8 Å². The van der Waals surface area contributed by atoms with E-state index in [9.17, 15) is 5.11 Å². The highest BCUT2D eigenvalue weighted by atomic mass is 32.2. The molecule has 0 radical (unpaired) electrons. The Balaban J connectivity index is 1.60. The second-order valence-electron chi connectivity index (χ2n) is 7.74. The average Bonchev–Trinajstić information content (AvgIpc) is 3.15. The lowest BCUT2D eigenvalue weighted by atomic mass is 9.72. The summed E-state index contributed by atoms with van der Waals surface area (Å²) in [6, 6.07) is 0.277. The van der Waals surface area contributed by atoms with Crippen molar-refractivity contribution >= 4 is 11.8 Å². The van der Waals surface area contributed by atoms with Gasteiger partial charge in [0.25, 0.3) is 0 Å². The van der Waals surface area contributed by atoms with Crippen LogP contribution in [0.2, 0.25) is 0 Å². The molecule has 3 aliphatic rings. The minimum absolute atomic E-state index is 0.0458. The Morgan fingerprint density at radius 2 is 1.62 bits per heavy atom. The summed E-state index contributed by atoms with van der Waals surface area (Å²) >= 11 is 1.68. The summed E-state index contributed by atoms with van der Waals surface area (Å²) in [7, 11) is 5.27. The van der Waals surface area contributed by atoms with Gasteiger partial charge in [-0.2, -0.15) is 0 Å². The van der Waals surface area contributed by atoms with Crippen LogP contribution in [0.1, 0.15) is 44.9 Å². The van der Waals surface area contributed by atoms with Crippen LogP contribution in [0, 0.1) is 11.8 Å². The molecule has 26 heavy (non-hydrogen) atoms. The molecule has 0 bridgehead atoms. The van der Waals surface area contributed by atoms with Gasteiger partial charge >= 0.3 is 0 Å². The summed E-state index contributed by atoms with van der Waals surface area (Å²) in [5.74, 6) is 0.571. The second-order valence-corrected chi connectivity index (χ2v) is 8.92. The molecule has 0 spiro atoms. The number of hydrogen-bond donors (Lipinski definition) is 4. The van der Waals surface area contributed by atoms with E-state index in [1.807, 2.05) is 0 Å². The van der Waals surface area contributed by atoms with Gasteiger partial charge in [0.2, 0.25) is 0 Å². The number of aliphatic hydroxyl groups excluding tert-OH is 1. The minimum atomic E-state index is -0.291. The molecular formula is C18H35N3O4S. The number of hydrogen-bond acceptors (Lipinski definition) is 8. The summed E-state index contributed by atoms with van der Waals surface area (Å²) in [6.07, 6.45) is 7.48. The van der Waals surface area contributed by atoms with Crippen LogP contribution < -0.4 is 16.2 Å². The van der Waals surface area contributed by atoms with E-state index in [0.717, 1.165) is 44.9 Å². The number of thioether (sulfide) groups is 1. The first-order chi connectivity index (χ1) is 12.6. The third-order valence-electron chi connectivity index (χ3n) is 6.33. The van der Waals surface area contributed by atoms with Crippen molar-refractivity contribution in [2.75, 3.05) is 21.3 Å². The molecule has 0 aromatic heterocycles. The van der Waals surface area contributed by atoms with Gasteiger partial charge in [-0.3, -0.25) is 5.32 Å². The van der Waals surface area contributed by atoms with Crippen LogP contribution in [0.25, 0.3) is 0 Å². The Bertz CT molecular complexity index is 425. The molecule has 1 heterocycles. The fourth-order valence-electron chi connectivity index (χ4n) is 4.70. The normalized spacial score (nSPS) is 42.7. The van der Waals surface area contributed by atoms with Crippen LogP contribution in [0.4, 0.5) is 0 Å². The highest BCUT2D eigenvalue weighted by Gasteiger charge is 2.41. The number of methoxy groups -OCH3 is 3. The molecule has 0 aromatic carbocycles. The van der Waals surface area contributed by atoms with E-state index in [1.165, 1.54) is 0 Å². The van der Waals surface area contributed by atoms with Crippen molar-refractivity contribution in [2.24, 2.45) is 11.8 Å². The first kappa shape index (κ1) is 20.8. The molecule has 7 nitrogen and oxygen atoms in total. The van der Waals surface area contributed by atoms with Gasteiger partial charge in [-0.1, -0.05) is 11.8 Å². The molecule has 0 aromatic rings. The van der Waals surface area contributed by atoms with Crippen molar-refractivity contribution in [3.63, 3.8) is 0 Å². The highest BCUT2D eigenvalue weighted by Crippen LogP contribution is 2.37. The van der Waals surface area contributed by atoms with Gasteiger partial charge in [0, 0.05) is 33.3 Å². The standard InChI is InChI=1S/C18H35N3O4S/c1-23-12-6-4-11(5-7-12)16(22)14-10-13(24-2)8-9-15(14)19-17-20-21-18(25-3)26-17/h11-22H,4-10H2,1-3H3. The van der Waals surface area contributed by atoms with Gasteiger partial charge in [0.05, 0.1) is 18.3 Å². The Morgan fingerprint density at radius 1 is 0.923 bits per heavy atom. The van der Waals surface area contributed by atoms with Crippen LogP contribution >= 0.6 is 11.8 Å². The maximum Gasteiger partial charge on any atom is 0.170 e. The van der Waals surface area contributed by atoms with Crippen LogP contribution in [0.15, 0.2) is 0 Å². The number of aliphatic hydroxyl groups is 1. The maximum atomic E-state index is 11.2. The molecule has 2 aliphatic carbocycles. The molecule has 6 unspecified atom stereocenters. The third-order valence-corrected chi connectivity index (χ3v) is 7.41. The number of nitrogens with one attached hydrogen (secondary N) is 3. The Hall–Kier alpha value is 0.0700. The molecule has 3 fully saturated rings. The zero-order chi connectivity index (χ0) is 18.5. The van der Waals surface area contributed by atoms with Gasteiger partial charge in [0.15, 0.2) is 5.56 Å². The Labute approximate surface area is 161 Å². The van der Waals surface area contributed by atoms with Gasteiger partial charge in [-0.05, 0) is 50.9 Å². The number of rotatable bonds is 7. The van der Waals surface area contributed by atoms with Crippen molar-refractivity contribution in [2.45, 2.75) is 80.4 Å². The van der Waals surface area contributed by atoms with Crippen LogP contribution in [0.5, 0.6) is 0 Å². The van der Waals surface area contributed by atoms with Crippen LogP contribution in [0.3, 0.4) is 0 Å². The van der Waals surface area contributed by atoms with Crippen LogP contribution in [-0.2, 0) is 14.2 Å². The fourth-order valence-corrected chi connectivity index (χ4v) is 5.59. The van der Waals surface area contributed by atoms with Crippen molar-refractivity contribution in [1.82, 2.24) is 16.2 Å². The molecule has 1 aliphatic heterocycles. The first-order valence-corrected chi connectivity index (χ1v) is 10.8. The van der Waals surface area contributed by atoms with Gasteiger partial charge in [0.1, 0.15) is 5.50 Å². The van der Waals surface area contributed by atoms with E-state index < -0.39 is 0 Å². The highest BCUT2D eigenvalue weighted by molar-refractivity contribution is 8.00. The average molecular weight is 390 g/mol. The van der Waals surface area contributed by atoms with Gasteiger partial charge in [-0.25, -0.2) is 10.9 Å². The number of hydrazine groups is 1. The molecule has 2 saturated carbocycles. The third kappa shape index (κ3) is 5.11. The van der Waals surface area contributed by atoms with E-state index in [0.29, 0.717) is 12.0 Å². The zero-order valence-corrected chi connectivity index (χ0v) is 17.0. The van der Waals surface area contributed by atoms with E-state index in [2.05, 4.69) is 16.2 Å². The predicted molar refractivity (Wildman–Crippen MR) is 102 cm³/mol. The van der Waals surface area contributed by atoms with Gasteiger partial charge < -0.3 is 19.3 Å². The molecule has 152 valence electrons. The van der Waals surface area contributed by atoms with Crippen molar-refractivity contribution in [1.29, 1.82) is 0 Å². The summed E-state index contributed by atoms with van der Waals surface area (Å²) < 4.78 is 16.4.